The number of carbonyl (C=O) groups excluding carboxylic acids is 1. The molecular formula is C22H18FN3O5S. The maximum Gasteiger partial charge on any atom is 0.264 e. The van der Waals surface area contributed by atoms with Gasteiger partial charge in [-0.15, -0.1) is 0 Å². The molecule has 0 atom stereocenters. The highest BCUT2D eigenvalue weighted by Crippen LogP contribution is 2.32. The zero-order valence-electron chi connectivity index (χ0n) is 16.6. The van der Waals surface area contributed by atoms with Gasteiger partial charge in [-0.1, -0.05) is 30.3 Å². The number of anilines is 1. The number of benzene rings is 3. The average molecular weight is 455 g/mol. The van der Waals surface area contributed by atoms with Crippen molar-refractivity contribution in [1.82, 2.24) is 5.43 Å². The van der Waals surface area contributed by atoms with Crippen LogP contribution in [-0.4, -0.2) is 33.9 Å². The molecule has 0 saturated heterocycles. The minimum absolute atomic E-state index is 0.0695. The molecule has 1 heterocycles. The topological polar surface area (TPSA) is 97.3 Å². The predicted molar refractivity (Wildman–Crippen MR) is 116 cm³/mol. The molecule has 0 radical (unpaired) electrons. The van der Waals surface area contributed by atoms with Crippen LogP contribution < -0.4 is 19.2 Å². The second-order valence-corrected chi connectivity index (χ2v) is 8.54. The van der Waals surface area contributed by atoms with Gasteiger partial charge in [0.15, 0.2) is 11.5 Å². The molecule has 3 aromatic carbocycles. The van der Waals surface area contributed by atoms with Gasteiger partial charge in [0.25, 0.3) is 15.9 Å². The summed E-state index contributed by atoms with van der Waals surface area (Å²) in [6.45, 7) is -0.537. The summed E-state index contributed by atoms with van der Waals surface area (Å²) in [6, 6.07) is 17.9. The molecule has 1 aliphatic rings. The standard InChI is InChI=1S/C22H18FN3O5S/c23-18-8-4-5-9-19(18)26(32(28,29)17-6-2-1-3-7-17)14-22(27)25-24-13-16-10-11-20-21(12-16)31-15-30-20/h1-13H,14-15H2,(H,25,27)/b24-13-. The molecule has 10 heteroatoms. The van der Waals surface area contributed by atoms with Crippen LogP contribution in [0, 0.1) is 5.82 Å². The lowest BCUT2D eigenvalue weighted by atomic mass is 10.2. The summed E-state index contributed by atoms with van der Waals surface area (Å²) in [5.74, 6) is -0.355. The molecule has 0 spiro atoms. The minimum Gasteiger partial charge on any atom is -0.454 e. The Balaban J connectivity index is 1.53. The zero-order chi connectivity index (χ0) is 22.6. The molecule has 164 valence electrons. The van der Waals surface area contributed by atoms with E-state index in [0.29, 0.717) is 21.4 Å². The van der Waals surface area contributed by atoms with Crippen LogP contribution in [0.25, 0.3) is 0 Å². The highest BCUT2D eigenvalue weighted by molar-refractivity contribution is 7.92. The number of hydrazone groups is 1. The average Bonchev–Trinajstić information content (AvgIpc) is 3.26. The Morgan fingerprint density at radius 3 is 2.53 bits per heavy atom. The maximum atomic E-state index is 14.4. The van der Waals surface area contributed by atoms with Gasteiger partial charge in [0, 0.05) is 0 Å². The van der Waals surface area contributed by atoms with E-state index >= 15 is 0 Å². The number of nitrogens with zero attached hydrogens (tertiary/aromatic N) is 2. The fourth-order valence-corrected chi connectivity index (χ4v) is 4.46. The van der Waals surface area contributed by atoms with E-state index < -0.39 is 28.3 Å². The van der Waals surface area contributed by atoms with Crippen molar-refractivity contribution in [3.8, 4) is 11.5 Å². The highest BCUT2D eigenvalue weighted by Gasteiger charge is 2.28. The fraction of sp³-hybridized carbons (Fsp3) is 0.0909. The first kappa shape index (κ1) is 21.3. The van der Waals surface area contributed by atoms with Crippen molar-refractivity contribution in [2.24, 2.45) is 5.10 Å². The molecule has 0 fully saturated rings. The Bertz CT molecular complexity index is 1270. The number of nitrogens with one attached hydrogen (secondary N) is 1. The van der Waals surface area contributed by atoms with Gasteiger partial charge in [-0.2, -0.15) is 5.10 Å². The van der Waals surface area contributed by atoms with Crippen LogP contribution in [0.3, 0.4) is 0 Å². The summed E-state index contributed by atoms with van der Waals surface area (Å²) in [4.78, 5) is 12.4. The Kier molecular flexibility index (Phi) is 6.04. The number of hydrogen-bond acceptors (Lipinski definition) is 6. The Morgan fingerprint density at radius 1 is 1.03 bits per heavy atom. The largest absolute Gasteiger partial charge is 0.454 e. The SMILES string of the molecule is O=C(CN(c1ccccc1F)S(=O)(=O)c1ccccc1)N/N=C\c1ccc2c(c1)OCO2. The number of sulfonamides is 1. The number of fused-ring (bicyclic) bond motifs is 1. The molecule has 0 aromatic heterocycles. The number of halogens is 1. The quantitative estimate of drug-likeness (QED) is 0.437. The molecule has 32 heavy (non-hydrogen) atoms. The molecule has 8 nitrogen and oxygen atoms in total. The van der Waals surface area contributed by atoms with Gasteiger partial charge in [0.05, 0.1) is 16.8 Å². The van der Waals surface area contributed by atoms with Gasteiger partial charge < -0.3 is 9.47 Å². The monoisotopic (exact) mass is 455 g/mol. The first-order valence-corrected chi connectivity index (χ1v) is 10.9. The smallest absolute Gasteiger partial charge is 0.264 e. The summed E-state index contributed by atoms with van der Waals surface area (Å²) in [6.07, 6.45) is 1.37. The van der Waals surface area contributed by atoms with Crippen LogP contribution >= 0.6 is 0 Å². The Hall–Kier alpha value is -3.92. The van der Waals surface area contributed by atoms with Gasteiger partial charge in [0.1, 0.15) is 12.4 Å². The van der Waals surface area contributed by atoms with E-state index in [4.69, 9.17) is 9.47 Å². The van der Waals surface area contributed by atoms with E-state index in [1.165, 1.54) is 36.5 Å². The van der Waals surface area contributed by atoms with Crippen molar-refractivity contribution in [2.75, 3.05) is 17.6 Å². The van der Waals surface area contributed by atoms with Gasteiger partial charge in [-0.3, -0.25) is 9.10 Å². The summed E-state index contributed by atoms with van der Waals surface area (Å²) >= 11 is 0. The lowest BCUT2D eigenvalue weighted by Crippen LogP contribution is -2.40. The van der Waals surface area contributed by atoms with Gasteiger partial charge in [-0.25, -0.2) is 18.2 Å². The van der Waals surface area contributed by atoms with E-state index in [9.17, 15) is 17.6 Å². The van der Waals surface area contributed by atoms with Crippen LogP contribution in [0.15, 0.2) is 82.8 Å². The van der Waals surface area contributed by atoms with Gasteiger partial charge in [-0.05, 0) is 48.0 Å². The third kappa shape index (κ3) is 4.54. The third-order valence-corrected chi connectivity index (χ3v) is 6.31. The van der Waals surface area contributed by atoms with Gasteiger partial charge in [0.2, 0.25) is 6.79 Å². The van der Waals surface area contributed by atoms with Crippen molar-refractivity contribution in [3.63, 3.8) is 0 Å². The number of amides is 1. The molecule has 0 saturated carbocycles. The number of hydrogen-bond donors (Lipinski definition) is 1. The first-order chi connectivity index (χ1) is 15.4. The maximum absolute atomic E-state index is 14.4. The predicted octanol–water partition coefficient (Wildman–Crippen LogP) is 2.90. The van der Waals surface area contributed by atoms with E-state index in [1.54, 1.807) is 36.4 Å². The molecule has 1 amide bonds. The van der Waals surface area contributed by atoms with Crippen molar-refractivity contribution in [2.45, 2.75) is 4.90 Å². The number of rotatable bonds is 7. The van der Waals surface area contributed by atoms with Crippen LogP contribution in [0.5, 0.6) is 11.5 Å². The van der Waals surface area contributed by atoms with Crippen LogP contribution in [0.1, 0.15) is 5.56 Å². The van der Waals surface area contributed by atoms with E-state index in [1.807, 2.05) is 0 Å². The molecule has 0 unspecified atom stereocenters. The van der Waals surface area contributed by atoms with Crippen LogP contribution in [-0.2, 0) is 14.8 Å². The molecule has 0 aliphatic carbocycles. The number of para-hydroxylation sites is 1. The van der Waals surface area contributed by atoms with E-state index in [2.05, 4.69) is 10.5 Å². The summed E-state index contributed by atoms with van der Waals surface area (Å²) < 4.78 is 51.9. The lowest BCUT2D eigenvalue weighted by molar-refractivity contribution is -0.119. The van der Waals surface area contributed by atoms with Crippen molar-refractivity contribution in [1.29, 1.82) is 0 Å². The van der Waals surface area contributed by atoms with E-state index in [-0.39, 0.29) is 17.4 Å². The molecule has 1 N–H and O–H groups in total. The van der Waals surface area contributed by atoms with Gasteiger partial charge >= 0.3 is 0 Å². The summed E-state index contributed by atoms with van der Waals surface area (Å²) in [7, 11) is -4.21. The summed E-state index contributed by atoms with van der Waals surface area (Å²) in [5, 5.41) is 3.85. The van der Waals surface area contributed by atoms with Crippen molar-refractivity contribution < 1.29 is 27.1 Å². The first-order valence-electron chi connectivity index (χ1n) is 9.49. The molecule has 3 aromatic rings. The third-order valence-electron chi connectivity index (χ3n) is 4.54. The zero-order valence-corrected chi connectivity index (χ0v) is 17.5. The lowest BCUT2D eigenvalue weighted by Gasteiger charge is -2.24. The Labute approximate surface area is 183 Å². The normalized spacial score (nSPS) is 12.7. The minimum atomic E-state index is -4.21. The second-order valence-electron chi connectivity index (χ2n) is 6.68. The van der Waals surface area contributed by atoms with Crippen LogP contribution in [0.2, 0.25) is 0 Å². The Morgan fingerprint density at radius 2 is 1.75 bits per heavy atom. The second kappa shape index (κ2) is 9.06. The fourth-order valence-electron chi connectivity index (χ4n) is 3.01. The highest BCUT2D eigenvalue weighted by atomic mass is 32.2. The molecular weight excluding hydrogens is 437 g/mol. The number of carbonyl (C=O) groups is 1. The van der Waals surface area contributed by atoms with Crippen molar-refractivity contribution >= 4 is 27.8 Å². The van der Waals surface area contributed by atoms with E-state index in [0.717, 1.165) is 6.07 Å². The molecule has 4 rings (SSSR count). The van der Waals surface area contributed by atoms with Crippen LogP contribution in [0.4, 0.5) is 10.1 Å². The molecule has 1 aliphatic heterocycles. The number of ether oxygens (including phenoxy) is 2. The molecule has 0 bridgehead atoms. The van der Waals surface area contributed by atoms with Crippen molar-refractivity contribution in [3.05, 3.63) is 84.2 Å². The summed E-state index contributed by atoms with van der Waals surface area (Å²) in [5.41, 5.74) is 2.66.